The summed E-state index contributed by atoms with van der Waals surface area (Å²) < 4.78 is 18.6. The molecule has 1 aromatic carbocycles. The number of aromatic nitrogens is 2. The molecule has 33 heavy (non-hydrogen) atoms. The SMILES string of the molecule is O=C(N[C@H]1CC[C@@H](NC(=O)c2ccc(F)cc2)CC1)O[C@@H]1CCN(c2cn[nH]c(=O)c2Cl)C1. The average molecular weight is 478 g/mol. The number of halogens is 2. The zero-order chi connectivity index (χ0) is 23.4. The molecule has 2 aliphatic rings. The summed E-state index contributed by atoms with van der Waals surface area (Å²) in [6, 6.07) is 5.41. The van der Waals surface area contributed by atoms with Crippen LogP contribution in [0.1, 0.15) is 42.5 Å². The first-order valence-electron chi connectivity index (χ1n) is 10.9. The van der Waals surface area contributed by atoms with Crippen molar-refractivity contribution in [1.82, 2.24) is 20.8 Å². The number of carbonyl (C=O) groups is 2. The molecular formula is C22H25ClFN5O4. The van der Waals surface area contributed by atoms with Crippen LogP contribution in [0.3, 0.4) is 0 Å². The summed E-state index contributed by atoms with van der Waals surface area (Å²) in [5.41, 5.74) is 0.483. The molecule has 1 aliphatic carbocycles. The highest BCUT2D eigenvalue weighted by molar-refractivity contribution is 6.33. The van der Waals surface area contributed by atoms with E-state index in [9.17, 15) is 18.8 Å². The molecule has 1 atom stereocenters. The predicted molar refractivity (Wildman–Crippen MR) is 120 cm³/mol. The van der Waals surface area contributed by atoms with Gasteiger partial charge < -0.3 is 20.3 Å². The van der Waals surface area contributed by atoms with Crippen LogP contribution in [0.25, 0.3) is 0 Å². The average Bonchev–Trinajstić information content (AvgIpc) is 3.25. The van der Waals surface area contributed by atoms with Gasteiger partial charge in [0.15, 0.2) is 0 Å². The van der Waals surface area contributed by atoms with E-state index >= 15 is 0 Å². The number of ether oxygens (including phenoxy) is 1. The minimum absolute atomic E-state index is 0.00685. The largest absolute Gasteiger partial charge is 0.444 e. The van der Waals surface area contributed by atoms with Gasteiger partial charge in [-0.2, -0.15) is 5.10 Å². The van der Waals surface area contributed by atoms with E-state index in [1.807, 2.05) is 4.90 Å². The van der Waals surface area contributed by atoms with E-state index in [4.69, 9.17) is 16.3 Å². The van der Waals surface area contributed by atoms with Gasteiger partial charge in [0.1, 0.15) is 16.9 Å². The van der Waals surface area contributed by atoms with Gasteiger partial charge in [0.05, 0.1) is 18.4 Å². The Hall–Kier alpha value is -3.14. The Labute approximate surface area is 194 Å². The summed E-state index contributed by atoms with van der Waals surface area (Å²) in [5.74, 6) is -0.612. The predicted octanol–water partition coefficient (Wildman–Crippen LogP) is 2.61. The van der Waals surface area contributed by atoms with Crippen molar-refractivity contribution in [3.05, 3.63) is 57.2 Å². The topological polar surface area (TPSA) is 116 Å². The zero-order valence-electron chi connectivity index (χ0n) is 17.9. The first kappa shape index (κ1) is 23.0. The van der Waals surface area contributed by atoms with E-state index in [1.54, 1.807) is 0 Å². The Morgan fingerprint density at radius 3 is 2.45 bits per heavy atom. The third-order valence-corrected chi connectivity index (χ3v) is 6.39. The van der Waals surface area contributed by atoms with Gasteiger partial charge in [0.2, 0.25) is 0 Å². The maximum absolute atomic E-state index is 13.0. The molecule has 4 rings (SSSR count). The number of carbonyl (C=O) groups excluding carboxylic acids is 2. The van der Waals surface area contributed by atoms with Crippen LogP contribution < -0.4 is 21.1 Å². The summed E-state index contributed by atoms with van der Waals surface area (Å²) in [5, 5.41) is 12.0. The lowest BCUT2D eigenvalue weighted by molar-refractivity contribution is 0.0908. The van der Waals surface area contributed by atoms with Gasteiger partial charge in [0, 0.05) is 30.6 Å². The van der Waals surface area contributed by atoms with Crippen molar-refractivity contribution in [2.75, 3.05) is 18.0 Å². The molecule has 0 unspecified atom stereocenters. The van der Waals surface area contributed by atoms with Gasteiger partial charge in [-0.05, 0) is 49.9 Å². The molecule has 11 heteroatoms. The second-order valence-corrected chi connectivity index (χ2v) is 8.71. The van der Waals surface area contributed by atoms with Crippen molar-refractivity contribution in [3.8, 4) is 0 Å². The van der Waals surface area contributed by atoms with Crippen LogP contribution >= 0.6 is 11.6 Å². The fraction of sp³-hybridized carbons (Fsp3) is 0.455. The lowest BCUT2D eigenvalue weighted by atomic mass is 9.91. The Morgan fingerprint density at radius 2 is 1.76 bits per heavy atom. The lowest BCUT2D eigenvalue weighted by Crippen LogP contribution is -2.44. The van der Waals surface area contributed by atoms with Crippen molar-refractivity contribution in [2.24, 2.45) is 0 Å². The smallest absolute Gasteiger partial charge is 0.407 e. The standard InChI is InChI=1S/C22H25ClFN5O4/c23-19-18(11-25-28-21(19)31)29-10-9-17(12-29)33-22(32)27-16-7-5-15(6-8-16)26-20(30)13-1-3-14(24)4-2-13/h1-4,11,15-17H,5-10,12H2,(H,26,30)(H,27,32)(H,28,31)/t15-,16+,17-/m1/s1. The van der Waals surface area contributed by atoms with Crippen LogP contribution in [0.5, 0.6) is 0 Å². The zero-order valence-corrected chi connectivity index (χ0v) is 18.6. The fourth-order valence-corrected chi connectivity index (χ4v) is 4.45. The van der Waals surface area contributed by atoms with Crippen LogP contribution in [-0.4, -0.2) is 53.5 Å². The van der Waals surface area contributed by atoms with Crippen LogP contribution in [0, 0.1) is 5.82 Å². The molecule has 1 saturated carbocycles. The lowest BCUT2D eigenvalue weighted by Gasteiger charge is -2.29. The number of hydrogen-bond donors (Lipinski definition) is 3. The highest BCUT2D eigenvalue weighted by Crippen LogP contribution is 2.26. The van der Waals surface area contributed by atoms with Crippen LogP contribution in [0.4, 0.5) is 14.9 Å². The Kier molecular flexibility index (Phi) is 7.12. The molecule has 0 spiro atoms. The normalized spacial score (nSPS) is 22.6. The first-order chi connectivity index (χ1) is 15.9. The van der Waals surface area contributed by atoms with E-state index in [1.165, 1.54) is 30.5 Å². The fourth-order valence-electron chi connectivity index (χ4n) is 4.24. The molecule has 2 fully saturated rings. The molecule has 9 nitrogen and oxygen atoms in total. The number of anilines is 1. The van der Waals surface area contributed by atoms with Gasteiger partial charge in [-0.25, -0.2) is 14.3 Å². The van der Waals surface area contributed by atoms with Gasteiger partial charge in [-0.15, -0.1) is 0 Å². The van der Waals surface area contributed by atoms with Crippen LogP contribution in [0.2, 0.25) is 5.02 Å². The molecule has 1 aliphatic heterocycles. The van der Waals surface area contributed by atoms with E-state index in [0.717, 1.165) is 12.8 Å². The number of hydrogen-bond acceptors (Lipinski definition) is 6. The quantitative estimate of drug-likeness (QED) is 0.609. The van der Waals surface area contributed by atoms with E-state index in [0.29, 0.717) is 43.6 Å². The van der Waals surface area contributed by atoms with Crippen molar-refractivity contribution in [3.63, 3.8) is 0 Å². The molecule has 2 amide bonds. The minimum atomic E-state index is -0.476. The molecule has 176 valence electrons. The van der Waals surface area contributed by atoms with Crippen LogP contribution in [-0.2, 0) is 4.74 Å². The monoisotopic (exact) mass is 477 g/mol. The second kappa shape index (κ2) is 10.2. The highest BCUT2D eigenvalue weighted by atomic mass is 35.5. The van der Waals surface area contributed by atoms with E-state index < -0.39 is 11.7 Å². The highest BCUT2D eigenvalue weighted by Gasteiger charge is 2.29. The molecule has 1 aromatic heterocycles. The number of nitrogens with zero attached hydrogens (tertiary/aromatic N) is 2. The summed E-state index contributed by atoms with van der Waals surface area (Å²) in [6.07, 6.45) is 4.20. The van der Waals surface area contributed by atoms with Crippen molar-refractivity contribution < 1.29 is 18.7 Å². The number of nitrogens with one attached hydrogen (secondary N) is 3. The van der Waals surface area contributed by atoms with Crippen molar-refractivity contribution in [1.29, 1.82) is 0 Å². The number of alkyl carbamates (subject to hydrolysis) is 1. The first-order valence-corrected chi connectivity index (χ1v) is 11.3. The van der Waals surface area contributed by atoms with Gasteiger partial charge in [-0.1, -0.05) is 11.6 Å². The summed E-state index contributed by atoms with van der Waals surface area (Å²) in [7, 11) is 0. The third-order valence-electron chi connectivity index (χ3n) is 6.03. The summed E-state index contributed by atoms with van der Waals surface area (Å²) in [4.78, 5) is 38.2. The molecule has 2 aromatic rings. The minimum Gasteiger partial charge on any atom is -0.444 e. The maximum Gasteiger partial charge on any atom is 0.407 e. The van der Waals surface area contributed by atoms with Crippen molar-refractivity contribution >= 4 is 29.3 Å². The van der Waals surface area contributed by atoms with Crippen molar-refractivity contribution in [2.45, 2.75) is 50.3 Å². The van der Waals surface area contributed by atoms with Gasteiger partial charge >= 0.3 is 6.09 Å². The third kappa shape index (κ3) is 5.81. The molecule has 1 saturated heterocycles. The number of aromatic amines is 1. The molecule has 2 heterocycles. The van der Waals surface area contributed by atoms with Gasteiger partial charge in [0.25, 0.3) is 11.5 Å². The van der Waals surface area contributed by atoms with Gasteiger partial charge in [-0.3, -0.25) is 9.59 Å². The van der Waals surface area contributed by atoms with E-state index in [2.05, 4.69) is 20.8 Å². The van der Waals surface area contributed by atoms with E-state index in [-0.39, 0.29) is 34.9 Å². The summed E-state index contributed by atoms with van der Waals surface area (Å²) >= 11 is 6.05. The Balaban J connectivity index is 1.19. The molecular weight excluding hydrogens is 453 g/mol. The number of benzene rings is 1. The molecule has 0 bridgehead atoms. The number of amides is 2. The maximum atomic E-state index is 13.0. The molecule has 0 radical (unpaired) electrons. The van der Waals surface area contributed by atoms with Crippen LogP contribution in [0.15, 0.2) is 35.3 Å². The summed E-state index contributed by atoms with van der Waals surface area (Å²) in [6.45, 7) is 1.03. The Bertz CT molecular complexity index is 1060. The number of H-pyrrole nitrogens is 1. The molecule has 3 N–H and O–H groups in total. The number of rotatable bonds is 5. The Morgan fingerprint density at radius 1 is 1.09 bits per heavy atom. The second-order valence-electron chi connectivity index (χ2n) is 8.33.